The quantitative estimate of drug-likeness (QED) is 0.357. The summed E-state index contributed by atoms with van der Waals surface area (Å²) in [5.74, 6) is 0.136. The van der Waals surface area contributed by atoms with Gasteiger partial charge in [0.25, 0.3) is 0 Å². The Kier molecular flexibility index (Phi) is 8.78. The van der Waals surface area contributed by atoms with Crippen molar-refractivity contribution in [3.05, 3.63) is 0 Å². The lowest BCUT2D eigenvalue weighted by Crippen LogP contribution is -2.25. The Bertz CT molecular complexity index is 259. The smallest absolute Gasteiger partial charge is 0.193 e. The molecule has 0 bridgehead atoms. The number of aliphatic hydroxyl groups excluding tert-OH is 1. The van der Waals surface area contributed by atoms with Gasteiger partial charge in [0.2, 0.25) is 0 Å². The number of hydrogen-bond donors (Lipinski definition) is 4. The predicted molar refractivity (Wildman–Crippen MR) is 69.3 cm³/mol. The lowest BCUT2D eigenvalue weighted by molar-refractivity contribution is -0.0256. The van der Waals surface area contributed by atoms with Crippen LogP contribution in [0, 0.1) is 5.41 Å². The zero-order valence-electron chi connectivity index (χ0n) is 10.0. The molecule has 0 spiro atoms. The molecule has 0 radical (unpaired) electrons. The van der Waals surface area contributed by atoms with Crippen molar-refractivity contribution >= 4 is 22.9 Å². The number of methoxy groups -OCH3 is 1. The summed E-state index contributed by atoms with van der Waals surface area (Å²) < 4.78 is 10.2. The van der Waals surface area contributed by atoms with Crippen LogP contribution in [0.3, 0.4) is 0 Å². The van der Waals surface area contributed by atoms with Gasteiger partial charge in [0.05, 0.1) is 25.4 Å². The number of nitrogens with zero attached hydrogens (tertiary/aromatic N) is 1. The maximum Gasteiger partial charge on any atom is 0.193 e. The first-order chi connectivity index (χ1) is 7.95. The largest absolute Gasteiger partial charge is 0.390 e. The molecule has 0 aromatic heterocycles. The second-order valence-electron chi connectivity index (χ2n) is 3.41. The Morgan fingerprint density at radius 2 is 2.12 bits per heavy atom. The Morgan fingerprint density at radius 1 is 1.47 bits per heavy atom. The van der Waals surface area contributed by atoms with E-state index in [1.165, 1.54) is 0 Å². The number of guanidine groups is 1. The van der Waals surface area contributed by atoms with Gasteiger partial charge in [-0.1, -0.05) is 11.8 Å². The fourth-order valence-electron chi connectivity index (χ4n) is 0.931. The summed E-state index contributed by atoms with van der Waals surface area (Å²) in [6.07, 6.45) is -0.745. The zero-order chi connectivity index (χ0) is 13.3. The number of thioether (sulfide) groups is 1. The summed E-state index contributed by atoms with van der Waals surface area (Å²) in [5, 5.41) is 16.9. The molecule has 0 amide bonds. The van der Waals surface area contributed by atoms with E-state index in [-0.39, 0.29) is 23.8 Å². The SMILES string of the molecule is COCC(C)OCC(O)CSC(=N)N=C(N)N. The van der Waals surface area contributed by atoms with Crippen molar-refractivity contribution in [1.82, 2.24) is 0 Å². The number of ether oxygens (including phenoxy) is 2. The predicted octanol–water partition coefficient (Wildman–Crippen LogP) is -0.660. The zero-order valence-corrected chi connectivity index (χ0v) is 10.9. The van der Waals surface area contributed by atoms with Crippen LogP contribution in [0.1, 0.15) is 6.92 Å². The first kappa shape index (κ1) is 16.2. The van der Waals surface area contributed by atoms with E-state index >= 15 is 0 Å². The Labute approximate surface area is 105 Å². The molecule has 0 heterocycles. The molecule has 8 heteroatoms. The number of nitrogens with two attached hydrogens (primary N) is 2. The van der Waals surface area contributed by atoms with Crippen LogP contribution in [0.25, 0.3) is 0 Å². The van der Waals surface area contributed by atoms with Crippen LogP contribution in [0.5, 0.6) is 0 Å². The van der Waals surface area contributed by atoms with Gasteiger partial charge in [0.15, 0.2) is 11.1 Å². The minimum absolute atomic E-state index is 0.0333. The molecule has 0 aromatic rings. The lowest BCUT2D eigenvalue weighted by Gasteiger charge is -2.15. The first-order valence-corrected chi connectivity index (χ1v) is 6.03. The number of nitrogens with one attached hydrogen (secondary N) is 1. The van der Waals surface area contributed by atoms with Gasteiger partial charge < -0.3 is 26.0 Å². The third-order valence-electron chi connectivity index (χ3n) is 1.62. The number of rotatable bonds is 7. The molecule has 17 heavy (non-hydrogen) atoms. The Balaban J connectivity index is 3.69. The van der Waals surface area contributed by atoms with Gasteiger partial charge in [-0.3, -0.25) is 5.41 Å². The second-order valence-corrected chi connectivity index (χ2v) is 4.41. The molecule has 0 aromatic carbocycles. The molecule has 0 aliphatic heterocycles. The van der Waals surface area contributed by atoms with Gasteiger partial charge in [-0.25, -0.2) is 0 Å². The van der Waals surface area contributed by atoms with Crippen LogP contribution in [0.4, 0.5) is 0 Å². The van der Waals surface area contributed by atoms with Crippen LogP contribution in [0.15, 0.2) is 4.99 Å². The van der Waals surface area contributed by atoms with E-state index in [1.54, 1.807) is 7.11 Å². The highest BCUT2D eigenvalue weighted by Crippen LogP contribution is 2.07. The molecular formula is C9H20N4O3S. The normalized spacial score (nSPS) is 14.1. The highest BCUT2D eigenvalue weighted by molar-refractivity contribution is 8.13. The van der Waals surface area contributed by atoms with E-state index in [9.17, 15) is 5.11 Å². The van der Waals surface area contributed by atoms with Crippen LogP contribution < -0.4 is 11.5 Å². The van der Waals surface area contributed by atoms with Crippen molar-refractivity contribution in [3.63, 3.8) is 0 Å². The minimum Gasteiger partial charge on any atom is -0.390 e. The molecule has 7 nitrogen and oxygen atoms in total. The van der Waals surface area contributed by atoms with Gasteiger partial charge in [0.1, 0.15) is 0 Å². The minimum atomic E-state index is -0.672. The van der Waals surface area contributed by atoms with Crippen molar-refractivity contribution < 1.29 is 14.6 Å². The average molecular weight is 264 g/mol. The van der Waals surface area contributed by atoms with E-state index in [2.05, 4.69) is 4.99 Å². The second kappa shape index (κ2) is 9.23. The molecule has 6 N–H and O–H groups in total. The van der Waals surface area contributed by atoms with Crippen LogP contribution in [-0.2, 0) is 9.47 Å². The van der Waals surface area contributed by atoms with Crippen molar-refractivity contribution in [2.24, 2.45) is 16.5 Å². The summed E-state index contributed by atoms with van der Waals surface area (Å²) in [6.45, 7) is 2.52. The number of aliphatic imine (C=N–C) groups is 1. The molecule has 0 fully saturated rings. The standard InChI is InChI=1S/C9H20N4O3S/c1-6(3-15-2)16-4-7(14)5-17-9(12)13-8(10)11/h6-7,14H,3-5H2,1-2H3,(H5,10,11,12,13). The topological polar surface area (TPSA) is 127 Å². The molecule has 2 atom stereocenters. The van der Waals surface area contributed by atoms with Crippen LogP contribution in [-0.4, -0.2) is 54.5 Å². The van der Waals surface area contributed by atoms with Gasteiger partial charge in [-0.15, -0.1) is 0 Å². The van der Waals surface area contributed by atoms with E-state index < -0.39 is 6.10 Å². The molecule has 0 saturated carbocycles. The van der Waals surface area contributed by atoms with Crippen molar-refractivity contribution in [1.29, 1.82) is 5.41 Å². The van der Waals surface area contributed by atoms with Gasteiger partial charge in [-0.2, -0.15) is 4.99 Å². The molecule has 0 saturated heterocycles. The molecule has 0 aliphatic rings. The van der Waals surface area contributed by atoms with E-state index in [0.29, 0.717) is 12.4 Å². The molecule has 2 unspecified atom stereocenters. The van der Waals surface area contributed by atoms with Gasteiger partial charge >= 0.3 is 0 Å². The van der Waals surface area contributed by atoms with Crippen molar-refractivity contribution in [2.45, 2.75) is 19.1 Å². The van der Waals surface area contributed by atoms with Crippen LogP contribution >= 0.6 is 11.8 Å². The van der Waals surface area contributed by atoms with E-state index in [0.717, 1.165) is 11.8 Å². The Hall–Kier alpha value is -0.830. The summed E-state index contributed by atoms with van der Waals surface area (Å²) >= 11 is 1.05. The number of hydrogen-bond acceptors (Lipinski definition) is 5. The highest BCUT2D eigenvalue weighted by Gasteiger charge is 2.09. The summed E-state index contributed by atoms with van der Waals surface area (Å²) in [7, 11) is 1.59. The lowest BCUT2D eigenvalue weighted by atomic mass is 10.4. The summed E-state index contributed by atoms with van der Waals surface area (Å²) in [6, 6.07) is 0. The van der Waals surface area contributed by atoms with E-state index in [1.807, 2.05) is 6.92 Å². The number of amidine groups is 1. The van der Waals surface area contributed by atoms with E-state index in [4.69, 9.17) is 26.4 Å². The van der Waals surface area contributed by atoms with Crippen molar-refractivity contribution in [2.75, 3.05) is 26.1 Å². The first-order valence-electron chi connectivity index (χ1n) is 5.05. The van der Waals surface area contributed by atoms with Crippen LogP contribution in [0.2, 0.25) is 0 Å². The molecule has 100 valence electrons. The maximum absolute atomic E-state index is 9.56. The molecule has 0 rings (SSSR count). The summed E-state index contributed by atoms with van der Waals surface area (Å²) in [5.41, 5.74) is 10.2. The third-order valence-corrected chi connectivity index (χ3v) is 2.53. The van der Waals surface area contributed by atoms with Gasteiger partial charge in [0, 0.05) is 12.9 Å². The van der Waals surface area contributed by atoms with Gasteiger partial charge in [-0.05, 0) is 6.92 Å². The number of aliphatic hydroxyl groups is 1. The molecular weight excluding hydrogens is 244 g/mol. The fourth-order valence-corrected chi connectivity index (χ4v) is 1.55. The monoisotopic (exact) mass is 264 g/mol. The average Bonchev–Trinajstić information content (AvgIpc) is 2.23. The highest BCUT2D eigenvalue weighted by atomic mass is 32.2. The van der Waals surface area contributed by atoms with Crippen molar-refractivity contribution in [3.8, 4) is 0 Å². The fraction of sp³-hybridized carbons (Fsp3) is 0.778. The summed E-state index contributed by atoms with van der Waals surface area (Å²) in [4.78, 5) is 3.52. The third kappa shape index (κ3) is 10.1. The molecule has 0 aliphatic carbocycles. The Morgan fingerprint density at radius 3 is 2.65 bits per heavy atom. The maximum atomic E-state index is 9.56.